The highest BCUT2D eigenvalue weighted by atomic mass is 35.5. The van der Waals surface area contributed by atoms with Gasteiger partial charge in [-0.1, -0.05) is 25.4 Å². The number of aromatic nitrogens is 3. The number of ether oxygens (including phenoxy) is 2. The molecule has 1 saturated heterocycles. The fourth-order valence-corrected chi connectivity index (χ4v) is 4.46. The first kappa shape index (κ1) is 25.9. The minimum Gasteiger partial charge on any atom is -0.480 e. The van der Waals surface area contributed by atoms with Gasteiger partial charge in [-0.15, -0.1) is 0 Å². The second kappa shape index (κ2) is 11.3. The van der Waals surface area contributed by atoms with Crippen LogP contribution in [-0.2, 0) is 16.1 Å². The number of carbonyl (C=O) groups excluding carboxylic acids is 1. The summed E-state index contributed by atoms with van der Waals surface area (Å²) in [5.74, 6) is 1.16. The van der Waals surface area contributed by atoms with Crippen LogP contribution >= 0.6 is 11.6 Å². The molecule has 36 heavy (non-hydrogen) atoms. The van der Waals surface area contributed by atoms with Gasteiger partial charge in [0.15, 0.2) is 17.4 Å². The third-order valence-corrected chi connectivity index (χ3v) is 6.26. The molecule has 0 bridgehead atoms. The first-order chi connectivity index (χ1) is 17.3. The lowest BCUT2D eigenvalue weighted by Crippen LogP contribution is -2.46. The van der Waals surface area contributed by atoms with Crippen molar-refractivity contribution in [3.05, 3.63) is 45.8 Å². The molecule has 1 fully saturated rings. The summed E-state index contributed by atoms with van der Waals surface area (Å²) in [6, 6.07) is 7.36. The standard InChI is InChI=1S/C26H32ClN5O4/c1-5-9-32-22-8-7-19(10-18(22)11-23(25(32)34)35-15-20(33)6-2)29-24-21(27)12-28-26(30-24)31-13-16(3)36-17(4)14-31/h7-8,10-12,16-17H,5-6,9,13-15H2,1-4H3,(H,28,29,30). The van der Waals surface area contributed by atoms with E-state index in [0.29, 0.717) is 42.8 Å². The molecule has 2 unspecified atom stereocenters. The molecule has 1 N–H and O–H groups in total. The maximum atomic E-state index is 13.0. The molecule has 0 saturated carbocycles. The number of ketones is 1. The number of halogens is 1. The minimum absolute atomic E-state index is 0.0646. The van der Waals surface area contributed by atoms with Gasteiger partial charge < -0.3 is 24.3 Å². The van der Waals surface area contributed by atoms with E-state index in [2.05, 4.69) is 20.2 Å². The molecule has 192 valence electrons. The molecule has 3 aromatic rings. The second-order valence-electron chi connectivity index (χ2n) is 9.07. The van der Waals surface area contributed by atoms with Crippen molar-refractivity contribution >= 4 is 45.7 Å². The molecule has 9 nitrogen and oxygen atoms in total. The molecule has 10 heteroatoms. The number of fused-ring (bicyclic) bond motifs is 1. The lowest BCUT2D eigenvalue weighted by atomic mass is 10.1. The van der Waals surface area contributed by atoms with E-state index in [-0.39, 0.29) is 35.9 Å². The summed E-state index contributed by atoms with van der Waals surface area (Å²) in [6.45, 7) is 9.63. The molecule has 0 amide bonds. The zero-order valence-corrected chi connectivity index (χ0v) is 21.8. The highest BCUT2D eigenvalue weighted by Gasteiger charge is 2.24. The van der Waals surface area contributed by atoms with Gasteiger partial charge in [0.05, 0.1) is 23.9 Å². The summed E-state index contributed by atoms with van der Waals surface area (Å²) in [5, 5.41) is 4.48. The van der Waals surface area contributed by atoms with Crippen LogP contribution in [0.5, 0.6) is 5.75 Å². The number of anilines is 3. The van der Waals surface area contributed by atoms with Crippen LogP contribution in [-0.4, -0.2) is 52.2 Å². The average Bonchev–Trinajstić information content (AvgIpc) is 2.85. The van der Waals surface area contributed by atoms with Crippen LogP contribution in [0.1, 0.15) is 40.5 Å². The van der Waals surface area contributed by atoms with Crippen LogP contribution in [0.3, 0.4) is 0 Å². The Balaban J connectivity index is 1.66. The third-order valence-electron chi connectivity index (χ3n) is 5.99. The fraction of sp³-hybridized carbons (Fsp3) is 0.462. The van der Waals surface area contributed by atoms with Crippen molar-refractivity contribution < 1.29 is 14.3 Å². The van der Waals surface area contributed by atoms with Gasteiger partial charge in [0.25, 0.3) is 5.56 Å². The van der Waals surface area contributed by atoms with Gasteiger partial charge in [0.2, 0.25) is 5.95 Å². The average molecular weight is 514 g/mol. The minimum atomic E-state index is -0.244. The zero-order chi connectivity index (χ0) is 25.8. The van der Waals surface area contributed by atoms with Crippen LogP contribution in [0.2, 0.25) is 5.02 Å². The highest BCUT2D eigenvalue weighted by molar-refractivity contribution is 6.32. The van der Waals surface area contributed by atoms with E-state index in [1.807, 2.05) is 39.0 Å². The summed E-state index contributed by atoms with van der Waals surface area (Å²) >= 11 is 6.43. The SMILES string of the molecule is CCCn1c(=O)c(OCC(=O)CC)cc2cc(Nc3nc(N4CC(C)OC(C)C4)ncc3Cl)ccc21. The number of morpholine rings is 1. The molecule has 2 atom stereocenters. The van der Waals surface area contributed by atoms with Crippen molar-refractivity contribution in [1.29, 1.82) is 0 Å². The molecule has 1 aliphatic rings. The van der Waals surface area contributed by atoms with Crippen molar-refractivity contribution in [2.75, 3.05) is 29.9 Å². The summed E-state index contributed by atoms with van der Waals surface area (Å²) < 4.78 is 13.1. The fourth-order valence-electron chi connectivity index (χ4n) is 4.32. The monoisotopic (exact) mass is 513 g/mol. The maximum Gasteiger partial charge on any atom is 0.293 e. The summed E-state index contributed by atoms with van der Waals surface area (Å²) in [7, 11) is 0. The first-order valence-electron chi connectivity index (χ1n) is 12.3. The molecule has 1 aromatic carbocycles. The van der Waals surface area contributed by atoms with Crippen molar-refractivity contribution in [3.8, 4) is 5.75 Å². The molecule has 0 spiro atoms. The third kappa shape index (κ3) is 5.79. The van der Waals surface area contributed by atoms with E-state index < -0.39 is 0 Å². The van der Waals surface area contributed by atoms with Crippen molar-refractivity contribution in [2.45, 2.75) is 59.3 Å². The van der Waals surface area contributed by atoms with Crippen molar-refractivity contribution in [3.63, 3.8) is 0 Å². The van der Waals surface area contributed by atoms with Gasteiger partial charge in [-0.3, -0.25) is 9.59 Å². The van der Waals surface area contributed by atoms with E-state index in [1.54, 1.807) is 23.8 Å². The van der Waals surface area contributed by atoms with Gasteiger partial charge in [-0.25, -0.2) is 4.98 Å². The maximum absolute atomic E-state index is 13.0. The molecular weight excluding hydrogens is 482 g/mol. The Kier molecular flexibility index (Phi) is 8.11. The Morgan fingerprint density at radius 2 is 1.97 bits per heavy atom. The molecule has 0 radical (unpaired) electrons. The number of hydrogen-bond acceptors (Lipinski definition) is 8. The van der Waals surface area contributed by atoms with Gasteiger partial charge in [-0.2, -0.15) is 4.98 Å². The predicted molar refractivity (Wildman–Crippen MR) is 142 cm³/mol. The number of carbonyl (C=O) groups is 1. The normalized spacial score (nSPS) is 17.9. The van der Waals surface area contributed by atoms with Gasteiger partial charge >= 0.3 is 0 Å². The smallest absolute Gasteiger partial charge is 0.293 e. The number of pyridine rings is 1. The van der Waals surface area contributed by atoms with E-state index >= 15 is 0 Å². The number of aryl methyl sites for hydroxylation is 1. The van der Waals surface area contributed by atoms with Crippen LogP contribution in [0.4, 0.5) is 17.5 Å². The lowest BCUT2D eigenvalue weighted by molar-refractivity contribution is -0.120. The number of hydrogen-bond donors (Lipinski definition) is 1. The lowest BCUT2D eigenvalue weighted by Gasteiger charge is -2.35. The molecule has 4 rings (SSSR count). The van der Waals surface area contributed by atoms with Crippen LogP contribution in [0.25, 0.3) is 10.9 Å². The van der Waals surface area contributed by atoms with E-state index in [9.17, 15) is 9.59 Å². The topological polar surface area (TPSA) is 98.6 Å². The van der Waals surface area contributed by atoms with Gasteiger partial charge in [0.1, 0.15) is 11.6 Å². The Morgan fingerprint density at radius 3 is 2.67 bits per heavy atom. The van der Waals surface area contributed by atoms with Crippen LogP contribution < -0.4 is 20.5 Å². The van der Waals surface area contributed by atoms with Crippen LogP contribution in [0.15, 0.2) is 35.3 Å². The molecule has 3 heterocycles. The molecule has 0 aliphatic carbocycles. The Labute approximate surface area is 215 Å². The number of nitrogens with zero attached hydrogens (tertiary/aromatic N) is 4. The Hall–Kier alpha value is -3.17. The number of rotatable bonds is 9. The quantitative estimate of drug-likeness (QED) is 0.444. The number of benzene rings is 1. The second-order valence-corrected chi connectivity index (χ2v) is 9.48. The molecule has 1 aliphatic heterocycles. The van der Waals surface area contributed by atoms with Crippen molar-refractivity contribution in [2.24, 2.45) is 0 Å². The van der Waals surface area contributed by atoms with Gasteiger partial charge in [-0.05, 0) is 44.5 Å². The number of nitrogens with one attached hydrogen (secondary N) is 1. The Bertz CT molecular complexity index is 1300. The first-order valence-corrected chi connectivity index (χ1v) is 12.7. The zero-order valence-electron chi connectivity index (χ0n) is 21.1. The summed E-state index contributed by atoms with van der Waals surface area (Å²) in [4.78, 5) is 35.9. The van der Waals surface area contributed by atoms with E-state index in [0.717, 1.165) is 23.0 Å². The molecular formula is C26H32ClN5O4. The largest absolute Gasteiger partial charge is 0.480 e. The highest BCUT2D eigenvalue weighted by Crippen LogP contribution is 2.28. The van der Waals surface area contributed by atoms with E-state index in [4.69, 9.17) is 21.1 Å². The van der Waals surface area contributed by atoms with Crippen LogP contribution in [0, 0.1) is 0 Å². The van der Waals surface area contributed by atoms with E-state index in [1.165, 1.54) is 0 Å². The number of Topliss-reactive ketones (excluding diaryl/α,β-unsaturated/α-hetero) is 1. The van der Waals surface area contributed by atoms with Gasteiger partial charge in [0, 0.05) is 37.1 Å². The summed E-state index contributed by atoms with van der Waals surface area (Å²) in [5.41, 5.74) is 1.29. The van der Waals surface area contributed by atoms with Crippen molar-refractivity contribution in [1.82, 2.24) is 14.5 Å². The predicted octanol–water partition coefficient (Wildman–Crippen LogP) is 4.57. The Morgan fingerprint density at radius 1 is 1.22 bits per heavy atom. The molecule has 2 aromatic heterocycles. The summed E-state index contributed by atoms with van der Waals surface area (Å²) in [6.07, 6.45) is 2.89.